The van der Waals surface area contributed by atoms with Crippen molar-refractivity contribution in [2.45, 2.75) is 13.0 Å². The molecule has 0 aliphatic carbocycles. The van der Waals surface area contributed by atoms with Crippen LogP contribution < -0.4 is 5.32 Å². The molecule has 0 aromatic rings. The highest BCUT2D eigenvalue weighted by molar-refractivity contribution is 7.74. The Hall–Kier alpha value is -0.550. The maximum absolute atomic E-state index is 10.3. The molecule has 0 saturated carbocycles. The number of amides is 1. The molecule has 0 aromatic heterocycles. The van der Waals surface area contributed by atoms with Crippen LogP contribution in [0.2, 0.25) is 0 Å². The monoisotopic (exact) mass is 148 g/mol. The first kappa shape index (κ1) is 8.45. The number of aliphatic imine (C=N–C) groups is 1. The Morgan fingerprint density at radius 1 is 1.89 bits per heavy atom. The number of carbonyl (C=O) groups excluding carboxylic acids is 1. The van der Waals surface area contributed by atoms with Crippen LogP contribution in [0.15, 0.2) is 4.99 Å². The molecular formula is C4H8N2O2S. The van der Waals surface area contributed by atoms with Crippen LogP contribution in [0.3, 0.4) is 0 Å². The number of rotatable bonds is 0. The van der Waals surface area contributed by atoms with E-state index in [9.17, 15) is 4.79 Å². The van der Waals surface area contributed by atoms with E-state index in [0.29, 0.717) is 0 Å². The van der Waals surface area contributed by atoms with Crippen molar-refractivity contribution in [1.82, 2.24) is 5.32 Å². The molecule has 1 rings (SSSR count). The van der Waals surface area contributed by atoms with Crippen molar-refractivity contribution in [3.63, 3.8) is 0 Å². The van der Waals surface area contributed by atoms with Crippen molar-refractivity contribution >= 4 is 25.2 Å². The first-order chi connectivity index (χ1) is 4.30. The predicted molar refractivity (Wildman–Crippen MR) is 37.7 cm³/mol. The summed E-state index contributed by atoms with van der Waals surface area (Å²) in [5, 5.41) is 2.44. The van der Waals surface area contributed by atoms with Gasteiger partial charge in [0, 0.05) is 0 Å². The molecule has 0 fully saturated rings. The summed E-state index contributed by atoms with van der Waals surface area (Å²) in [6.45, 7) is 1.75. The van der Waals surface area contributed by atoms with Gasteiger partial charge in [-0.25, -0.2) is 0 Å². The Labute approximate surface area is 58.6 Å². The van der Waals surface area contributed by atoms with Crippen molar-refractivity contribution in [3.8, 4) is 0 Å². The minimum Gasteiger partial charge on any atom is -0.333 e. The van der Waals surface area contributed by atoms with Gasteiger partial charge in [0.25, 0.3) is 0 Å². The van der Waals surface area contributed by atoms with Gasteiger partial charge < -0.3 is 9.87 Å². The number of hydrogen-bond donors (Lipinski definition) is 3. The van der Waals surface area contributed by atoms with Crippen LogP contribution in [0.4, 0.5) is 0 Å². The number of thiol groups is 1. The molecule has 52 valence electrons. The molecule has 1 aliphatic heterocycles. The van der Waals surface area contributed by atoms with E-state index < -0.39 is 0 Å². The zero-order valence-corrected chi connectivity index (χ0v) is 5.80. The first-order valence-electron chi connectivity index (χ1n) is 2.33. The highest BCUT2D eigenvalue weighted by atomic mass is 32.1. The van der Waals surface area contributed by atoms with E-state index in [2.05, 4.69) is 23.2 Å². The van der Waals surface area contributed by atoms with Gasteiger partial charge in [0.1, 0.15) is 6.04 Å². The topological polar surface area (TPSA) is 61.7 Å². The van der Waals surface area contributed by atoms with Crippen molar-refractivity contribution in [2.75, 3.05) is 0 Å². The summed E-state index contributed by atoms with van der Waals surface area (Å²) in [6, 6.07) is -0.167. The Kier molecular flexibility index (Phi) is 4.08. The van der Waals surface area contributed by atoms with Crippen LogP contribution in [0.5, 0.6) is 0 Å². The third-order valence-electron chi connectivity index (χ3n) is 0.884. The molecular weight excluding hydrogens is 140 g/mol. The summed E-state index contributed by atoms with van der Waals surface area (Å²) in [4.78, 5) is 14.1. The Balaban J connectivity index is 0.000000291. The second-order valence-corrected chi connectivity index (χ2v) is 1.46. The van der Waals surface area contributed by atoms with Crippen LogP contribution >= 0.6 is 12.9 Å². The third-order valence-corrected chi connectivity index (χ3v) is 0.884. The van der Waals surface area contributed by atoms with Crippen molar-refractivity contribution in [2.24, 2.45) is 4.99 Å². The molecule has 0 radical (unpaired) electrons. The fourth-order valence-electron chi connectivity index (χ4n) is 0.401. The van der Waals surface area contributed by atoms with Gasteiger partial charge in [-0.05, 0) is 19.8 Å². The lowest BCUT2D eigenvalue weighted by Gasteiger charge is -1.88. The molecule has 0 saturated heterocycles. The highest BCUT2D eigenvalue weighted by Crippen LogP contribution is 1.90. The molecule has 4 nitrogen and oxygen atoms in total. The molecule has 1 heterocycles. The molecule has 1 atom stereocenters. The first-order valence-corrected chi connectivity index (χ1v) is 2.73. The standard InChI is InChI=1S/C4H6N2O.H2OS/c1-3-4(7)6-2-5-3;1-2/h2-3H,1H3,(H,5,6,7);1-2H. The fourth-order valence-corrected chi connectivity index (χ4v) is 0.401. The minimum atomic E-state index is -0.167. The molecule has 0 bridgehead atoms. The molecule has 9 heavy (non-hydrogen) atoms. The van der Waals surface area contributed by atoms with Crippen molar-refractivity contribution in [1.29, 1.82) is 0 Å². The van der Waals surface area contributed by atoms with E-state index in [-0.39, 0.29) is 11.9 Å². The van der Waals surface area contributed by atoms with Gasteiger partial charge in [0.2, 0.25) is 5.91 Å². The molecule has 0 spiro atoms. The predicted octanol–water partition coefficient (Wildman–Crippen LogP) is -0.0778. The summed E-state index contributed by atoms with van der Waals surface area (Å²) in [5.74, 6) is -0.0139. The van der Waals surface area contributed by atoms with E-state index in [1.807, 2.05) is 0 Å². The van der Waals surface area contributed by atoms with Gasteiger partial charge in [0.05, 0.1) is 6.34 Å². The molecule has 1 amide bonds. The van der Waals surface area contributed by atoms with Gasteiger partial charge in [-0.3, -0.25) is 9.79 Å². The summed E-state index contributed by atoms with van der Waals surface area (Å²) in [5.41, 5.74) is 0. The van der Waals surface area contributed by atoms with E-state index >= 15 is 0 Å². The van der Waals surface area contributed by atoms with Crippen LogP contribution in [0.1, 0.15) is 6.92 Å². The maximum Gasteiger partial charge on any atom is 0.249 e. The Morgan fingerprint density at radius 2 is 2.44 bits per heavy atom. The second-order valence-electron chi connectivity index (χ2n) is 1.46. The van der Waals surface area contributed by atoms with Crippen molar-refractivity contribution < 1.29 is 9.35 Å². The molecule has 1 unspecified atom stereocenters. The lowest BCUT2D eigenvalue weighted by atomic mass is 10.4. The van der Waals surface area contributed by atoms with E-state index in [1.54, 1.807) is 6.92 Å². The van der Waals surface area contributed by atoms with Gasteiger partial charge in [-0.15, -0.1) is 0 Å². The quantitative estimate of drug-likeness (QED) is 0.332. The zero-order chi connectivity index (χ0) is 7.28. The van der Waals surface area contributed by atoms with E-state index in [0.717, 1.165) is 0 Å². The van der Waals surface area contributed by atoms with Crippen LogP contribution in [-0.2, 0) is 4.79 Å². The molecule has 2 N–H and O–H groups in total. The molecule has 5 heteroatoms. The van der Waals surface area contributed by atoms with Gasteiger partial charge >= 0.3 is 0 Å². The Morgan fingerprint density at radius 3 is 2.56 bits per heavy atom. The average molecular weight is 148 g/mol. The summed E-state index contributed by atoms with van der Waals surface area (Å²) in [7, 11) is 0. The van der Waals surface area contributed by atoms with Gasteiger partial charge in [0.15, 0.2) is 0 Å². The summed E-state index contributed by atoms with van der Waals surface area (Å²) >= 11 is 2.53. The molecule has 0 aromatic carbocycles. The minimum absolute atomic E-state index is 0.0139. The van der Waals surface area contributed by atoms with Crippen LogP contribution in [0.25, 0.3) is 0 Å². The largest absolute Gasteiger partial charge is 0.333 e. The molecule has 1 aliphatic rings. The summed E-state index contributed by atoms with van der Waals surface area (Å²) < 4.78 is 6.69. The van der Waals surface area contributed by atoms with Crippen LogP contribution in [-0.4, -0.2) is 22.8 Å². The van der Waals surface area contributed by atoms with Crippen LogP contribution in [0, 0.1) is 0 Å². The van der Waals surface area contributed by atoms with E-state index in [1.165, 1.54) is 6.34 Å². The second kappa shape index (κ2) is 4.34. The zero-order valence-electron chi connectivity index (χ0n) is 4.90. The third kappa shape index (κ3) is 2.48. The fraction of sp³-hybridized carbons (Fsp3) is 0.500. The Bertz CT molecular complexity index is 126. The number of nitrogens with one attached hydrogen (secondary N) is 1. The van der Waals surface area contributed by atoms with Crippen molar-refractivity contribution in [3.05, 3.63) is 0 Å². The lowest BCUT2D eigenvalue weighted by molar-refractivity contribution is -0.119. The van der Waals surface area contributed by atoms with Gasteiger partial charge in [-0.2, -0.15) is 0 Å². The average Bonchev–Trinajstić information content (AvgIpc) is 2.23. The normalized spacial score (nSPS) is 22.6. The number of hydrogen-bond acceptors (Lipinski definition) is 4. The number of nitrogens with zero attached hydrogens (tertiary/aromatic N) is 1. The smallest absolute Gasteiger partial charge is 0.249 e. The lowest BCUT2D eigenvalue weighted by Crippen LogP contribution is -2.21. The van der Waals surface area contributed by atoms with Gasteiger partial charge in [-0.1, -0.05) is 0 Å². The highest BCUT2D eigenvalue weighted by Gasteiger charge is 2.12. The SMILES string of the molecule is CC1N=CNC1=O.OS. The van der Waals surface area contributed by atoms with E-state index in [4.69, 9.17) is 4.55 Å². The maximum atomic E-state index is 10.3. The summed E-state index contributed by atoms with van der Waals surface area (Å²) in [6.07, 6.45) is 1.42. The number of carbonyl (C=O) groups is 1.